The predicted octanol–water partition coefficient (Wildman–Crippen LogP) is -0.940. The Morgan fingerprint density at radius 1 is 1.05 bits per heavy atom. The lowest BCUT2D eigenvalue weighted by Crippen LogP contribution is -2.61. The van der Waals surface area contributed by atoms with Crippen molar-refractivity contribution in [2.75, 3.05) is 13.7 Å². The molecule has 0 aliphatic carbocycles. The van der Waals surface area contributed by atoms with Gasteiger partial charge in [0.15, 0.2) is 6.29 Å². The van der Waals surface area contributed by atoms with E-state index in [9.17, 15) is 39.9 Å². The molecule has 5 N–H and O–H groups in total. The maximum absolute atomic E-state index is 12.4. The number of benzene rings is 1. The number of methoxy groups -OCH3 is 1. The van der Waals surface area contributed by atoms with Crippen LogP contribution in [-0.4, -0.2) is 100 Å². The maximum atomic E-state index is 12.4. The quantitative estimate of drug-likeness (QED) is 0.168. The summed E-state index contributed by atoms with van der Waals surface area (Å²) in [6.45, 7) is 0.946. The average molecular weight is 540 g/mol. The highest BCUT2D eigenvalue weighted by molar-refractivity contribution is 5.93. The van der Waals surface area contributed by atoms with Gasteiger partial charge in [0.05, 0.1) is 31.3 Å². The molecule has 14 heteroatoms. The summed E-state index contributed by atoms with van der Waals surface area (Å²) in [4.78, 5) is 36.6. The second-order valence-electron chi connectivity index (χ2n) is 9.10. The topological polar surface area (TPSA) is 208 Å². The summed E-state index contributed by atoms with van der Waals surface area (Å²) in [7, 11) is 1.18. The molecule has 3 aliphatic heterocycles. The van der Waals surface area contributed by atoms with Crippen LogP contribution in [0.4, 0.5) is 0 Å². The molecule has 38 heavy (non-hydrogen) atoms. The van der Waals surface area contributed by atoms with E-state index < -0.39 is 85.2 Å². The van der Waals surface area contributed by atoms with Gasteiger partial charge in [-0.3, -0.25) is 4.79 Å². The molecule has 9 atom stereocenters. The number of aliphatic hydroxyl groups is 3. The molecule has 2 saturated heterocycles. The molecule has 0 bridgehead atoms. The summed E-state index contributed by atoms with van der Waals surface area (Å²) in [6, 6.07) is 3.23. The molecular formula is C24H28O14. The highest BCUT2D eigenvalue weighted by atomic mass is 16.8. The van der Waals surface area contributed by atoms with E-state index in [-0.39, 0.29) is 23.3 Å². The van der Waals surface area contributed by atoms with Crippen LogP contribution in [0.2, 0.25) is 0 Å². The van der Waals surface area contributed by atoms with Crippen LogP contribution in [0.15, 0.2) is 30.0 Å². The Kier molecular flexibility index (Phi) is 8.08. The number of hydrogen-bond acceptors (Lipinski definition) is 14. The van der Waals surface area contributed by atoms with Crippen molar-refractivity contribution in [1.82, 2.24) is 0 Å². The lowest BCUT2D eigenvalue weighted by Gasteiger charge is -2.45. The molecule has 208 valence electrons. The van der Waals surface area contributed by atoms with E-state index in [4.69, 9.17) is 28.4 Å². The minimum atomic E-state index is -1.78. The summed E-state index contributed by atoms with van der Waals surface area (Å²) < 4.78 is 32.1. The number of aliphatic hydroxyl groups excluding tert-OH is 3. The first-order valence-corrected chi connectivity index (χ1v) is 11.7. The van der Waals surface area contributed by atoms with Crippen LogP contribution in [0.5, 0.6) is 11.5 Å². The largest absolute Gasteiger partial charge is 0.508 e. The molecule has 14 nitrogen and oxygen atoms in total. The zero-order chi connectivity index (χ0) is 27.7. The fourth-order valence-electron chi connectivity index (χ4n) is 4.69. The Morgan fingerprint density at radius 3 is 2.50 bits per heavy atom. The van der Waals surface area contributed by atoms with Gasteiger partial charge in [-0.25, -0.2) is 9.59 Å². The maximum Gasteiger partial charge on any atom is 0.342 e. The van der Waals surface area contributed by atoms with Crippen LogP contribution in [0.25, 0.3) is 0 Å². The Balaban J connectivity index is 1.48. The lowest BCUT2D eigenvalue weighted by atomic mass is 9.77. The number of cyclic esters (lactones) is 1. The first-order chi connectivity index (χ1) is 18.0. The number of ether oxygens (including phenoxy) is 6. The first-order valence-electron chi connectivity index (χ1n) is 11.7. The second kappa shape index (κ2) is 11.1. The molecule has 0 saturated carbocycles. The normalized spacial score (nSPS) is 34.7. The van der Waals surface area contributed by atoms with Crippen LogP contribution >= 0.6 is 0 Å². The van der Waals surface area contributed by atoms with Gasteiger partial charge in [-0.15, -0.1) is 0 Å². The van der Waals surface area contributed by atoms with Crippen molar-refractivity contribution in [2.45, 2.75) is 56.4 Å². The van der Waals surface area contributed by atoms with E-state index >= 15 is 0 Å². The summed E-state index contributed by atoms with van der Waals surface area (Å²) in [5, 5.41) is 50.6. The van der Waals surface area contributed by atoms with Crippen molar-refractivity contribution in [3.63, 3.8) is 0 Å². The fraction of sp³-hybridized carbons (Fsp3) is 0.542. The van der Waals surface area contributed by atoms with Gasteiger partial charge in [0.25, 0.3) is 0 Å². The van der Waals surface area contributed by atoms with Crippen molar-refractivity contribution < 1.29 is 68.3 Å². The molecule has 0 unspecified atom stereocenters. The van der Waals surface area contributed by atoms with E-state index in [1.807, 2.05) is 0 Å². The third kappa shape index (κ3) is 5.39. The number of rotatable bonds is 6. The van der Waals surface area contributed by atoms with E-state index in [0.29, 0.717) is 0 Å². The van der Waals surface area contributed by atoms with Gasteiger partial charge >= 0.3 is 17.9 Å². The third-order valence-electron chi connectivity index (χ3n) is 6.69. The Bertz CT molecular complexity index is 1100. The number of esters is 3. The second-order valence-corrected chi connectivity index (χ2v) is 9.10. The zero-order valence-electron chi connectivity index (χ0n) is 20.3. The SMILES string of the molecule is COC(=O)C1=CO[C@@H](O[C@@H]2O[C@H](COC(=O)c3cc(O)ccc3O)[C@@H](O)[C@H](O)[C@H]2O)[C@H]2[C@@H]1CC(=O)O[C@@H]2C. The smallest absolute Gasteiger partial charge is 0.342 e. The van der Waals surface area contributed by atoms with Crippen molar-refractivity contribution >= 4 is 17.9 Å². The average Bonchev–Trinajstić information content (AvgIpc) is 2.88. The molecule has 0 aromatic heterocycles. The molecule has 0 amide bonds. The lowest BCUT2D eigenvalue weighted by molar-refractivity contribution is -0.346. The number of hydrogen-bond donors (Lipinski definition) is 5. The Labute approximate surface area is 215 Å². The fourth-order valence-corrected chi connectivity index (χ4v) is 4.69. The molecule has 4 rings (SSSR count). The van der Waals surface area contributed by atoms with E-state index in [2.05, 4.69) is 0 Å². The van der Waals surface area contributed by atoms with Crippen LogP contribution in [-0.2, 0) is 38.0 Å². The monoisotopic (exact) mass is 540 g/mol. The molecular weight excluding hydrogens is 512 g/mol. The summed E-state index contributed by atoms with van der Waals surface area (Å²) >= 11 is 0. The van der Waals surface area contributed by atoms with Gasteiger partial charge in [-0.05, 0) is 25.1 Å². The highest BCUT2D eigenvalue weighted by Crippen LogP contribution is 2.41. The summed E-state index contributed by atoms with van der Waals surface area (Å²) in [5.74, 6) is -4.47. The van der Waals surface area contributed by atoms with Gasteiger partial charge < -0.3 is 54.0 Å². The summed E-state index contributed by atoms with van der Waals surface area (Å²) in [6.07, 6.45) is -9.29. The molecule has 3 heterocycles. The van der Waals surface area contributed by atoms with Crippen LogP contribution < -0.4 is 0 Å². The van der Waals surface area contributed by atoms with Gasteiger partial charge in [0.1, 0.15) is 54.2 Å². The standard InChI is InChI=1S/C24H28O14/c1-9-17-11(6-16(27)36-9)13(21(31)33-2)7-35-23(17)38-24-20(30)19(29)18(28)15(37-24)8-34-22(32)12-5-10(25)3-4-14(12)26/h3-5,7,9,11,15,17-20,23-26,28-30H,6,8H2,1-2H3/t9-,11-,15-,17-,18-,19+,20-,23+,24+/m1/s1. The minimum Gasteiger partial charge on any atom is -0.508 e. The number of phenolic OH excluding ortho intramolecular Hbond substituents is 2. The molecule has 0 radical (unpaired) electrons. The molecule has 0 spiro atoms. The van der Waals surface area contributed by atoms with Crippen molar-refractivity contribution in [2.24, 2.45) is 11.8 Å². The van der Waals surface area contributed by atoms with Crippen LogP contribution in [0, 0.1) is 11.8 Å². The van der Waals surface area contributed by atoms with Gasteiger partial charge in [0, 0.05) is 5.92 Å². The molecule has 3 aliphatic rings. The Morgan fingerprint density at radius 2 is 1.79 bits per heavy atom. The van der Waals surface area contributed by atoms with E-state index in [1.54, 1.807) is 6.92 Å². The number of aromatic hydroxyl groups is 2. The van der Waals surface area contributed by atoms with E-state index in [0.717, 1.165) is 24.5 Å². The number of phenols is 2. The van der Waals surface area contributed by atoms with Crippen molar-refractivity contribution in [3.05, 3.63) is 35.6 Å². The summed E-state index contributed by atoms with van der Waals surface area (Å²) in [5.41, 5.74) is -0.249. The highest BCUT2D eigenvalue weighted by Gasteiger charge is 2.52. The molecule has 1 aromatic carbocycles. The predicted molar refractivity (Wildman–Crippen MR) is 120 cm³/mol. The van der Waals surface area contributed by atoms with Gasteiger partial charge in [0.2, 0.25) is 6.29 Å². The minimum absolute atomic E-state index is 0.0985. The number of carbonyl (C=O) groups is 3. The van der Waals surface area contributed by atoms with Crippen molar-refractivity contribution in [3.8, 4) is 11.5 Å². The Hall–Kier alpha value is -3.43. The molecule has 2 fully saturated rings. The zero-order valence-corrected chi connectivity index (χ0v) is 20.3. The number of fused-ring (bicyclic) bond motifs is 1. The van der Waals surface area contributed by atoms with E-state index in [1.165, 1.54) is 7.11 Å². The van der Waals surface area contributed by atoms with Crippen LogP contribution in [0.1, 0.15) is 23.7 Å². The van der Waals surface area contributed by atoms with Crippen molar-refractivity contribution in [1.29, 1.82) is 0 Å². The van der Waals surface area contributed by atoms with Gasteiger partial charge in [-0.1, -0.05) is 0 Å². The third-order valence-corrected chi connectivity index (χ3v) is 6.69. The molecule has 1 aromatic rings. The van der Waals surface area contributed by atoms with Gasteiger partial charge in [-0.2, -0.15) is 0 Å². The van der Waals surface area contributed by atoms with Crippen LogP contribution in [0.3, 0.4) is 0 Å². The number of carbonyl (C=O) groups excluding carboxylic acids is 3. The first kappa shape index (κ1) is 27.6.